The van der Waals surface area contributed by atoms with Gasteiger partial charge < -0.3 is 10.0 Å². The largest absolute Gasteiger partial charge is 1.00 e. The van der Waals surface area contributed by atoms with E-state index in [2.05, 4.69) is 11.8 Å². The summed E-state index contributed by atoms with van der Waals surface area (Å²) in [6, 6.07) is 0.324. The fraction of sp³-hybridized carbons (Fsp3) is 1.00. The number of likely N-dealkylation sites (N-methyl/N-ethyl adjacent to an activating group) is 1. The molecule has 1 aliphatic heterocycles. The number of rotatable bonds is 2. The topological polar surface area (TPSA) is 26.3 Å². The Kier molecular flexibility index (Phi) is 6.94. The molecule has 2 nitrogen and oxygen atoms in total. The summed E-state index contributed by atoms with van der Waals surface area (Å²) in [6.45, 7) is 6.07. The maximum atomic E-state index is 11.1. The summed E-state index contributed by atoms with van der Waals surface area (Å²) in [6.07, 6.45) is 1.92. The van der Waals surface area contributed by atoms with E-state index in [0.717, 1.165) is 19.5 Å². The monoisotopic (exact) mass is 181 g/mol. The van der Waals surface area contributed by atoms with Crippen LogP contribution in [0.5, 0.6) is 0 Å². The van der Waals surface area contributed by atoms with Crippen LogP contribution in [0.25, 0.3) is 0 Å². The molecule has 0 bridgehead atoms. The first-order valence-corrected chi connectivity index (χ1v) is 4.15. The van der Waals surface area contributed by atoms with Crippen LogP contribution in [0.4, 0.5) is 0 Å². The third-order valence-electron chi connectivity index (χ3n) is 2.36. The average molecular weight is 181 g/mol. The van der Waals surface area contributed by atoms with E-state index in [-0.39, 0.29) is 51.4 Å². The van der Waals surface area contributed by atoms with Gasteiger partial charge in [-0.25, -0.2) is 0 Å². The van der Waals surface area contributed by atoms with Crippen molar-refractivity contribution >= 4 is 0 Å². The molecule has 11 heavy (non-hydrogen) atoms. The van der Waals surface area contributed by atoms with Crippen molar-refractivity contribution in [2.75, 3.05) is 13.1 Å². The van der Waals surface area contributed by atoms with E-state index in [1.165, 1.54) is 6.42 Å². The molecule has 0 saturated carbocycles. The molecule has 1 saturated heterocycles. The fourth-order valence-corrected chi connectivity index (χ4v) is 1.78. The van der Waals surface area contributed by atoms with Crippen LogP contribution in [-0.2, 0) is 0 Å². The molecular weight excluding hydrogens is 165 g/mol. The van der Waals surface area contributed by atoms with Crippen molar-refractivity contribution in [2.24, 2.45) is 0 Å². The summed E-state index contributed by atoms with van der Waals surface area (Å²) in [5.74, 6) is 0. The minimum atomic E-state index is -0.401. The molecule has 0 aromatic carbocycles. The summed E-state index contributed by atoms with van der Waals surface area (Å²) in [5.41, 5.74) is 0. The first-order valence-electron chi connectivity index (χ1n) is 4.15. The van der Waals surface area contributed by atoms with Gasteiger partial charge in [0.1, 0.15) is 0 Å². The molecule has 0 aromatic heterocycles. The maximum Gasteiger partial charge on any atom is 1.00 e. The molecule has 0 radical (unpaired) electrons. The van der Waals surface area contributed by atoms with Crippen molar-refractivity contribution in [3.63, 3.8) is 0 Å². The Hall–Kier alpha value is 1.56. The third-order valence-corrected chi connectivity index (χ3v) is 2.36. The van der Waals surface area contributed by atoms with Gasteiger partial charge in [-0.3, -0.25) is 0 Å². The molecule has 1 heterocycles. The minimum absolute atomic E-state index is 0. The molecule has 2 unspecified atom stereocenters. The van der Waals surface area contributed by atoms with Gasteiger partial charge in [0.25, 0.3) is 0 Å². The van der Waals surface area contributed by atoms with E-state index < -0.39 is 6.10 Å². The molecule has 0 aromatic rings. The summed E-state index contributed by atoms with van der Waals surface area (Å²) in [4.78, 5) is 2.29. The Morgan fingerprint density at radius 3 is 2.64 bits per heavy atom. The van der Waals surface area contributed by atoms with Gasteiger partial charge in [-0.05, 0) is 32.0 Å². The van der Waals surface area contributed by atoms with Crippen LogP contribution in [-0.4, -0.2) is 30.1 Å². The quantitative estimate of drug-likeness (QED) is 0.431. The van der Waals surface area contributed by atoms with Crippen molar-refractivity contribution in [3.05, 3.63) is 0 Å². The molecule has 2 atom stereocenters. The molecule has 3 heteroatoms. The van der Waals surface area contributed by atoms with E-state index >= 15 is 0 Å². The fourth-order valence-electron chi connectivity index (χ4n) is 1.78. The summed E-state index contributed by atoms with van der Waals surface area (Å²) >= 11 is 0. The van der Waals surface area contributed by atoms with Crippen molar-refractivity contribution in [1.82, 2.24) is 4.90 Å². The van der Waals surface area contributed by atoms with Gasteiger partial charge in [-0.2, -0.15) is 0 Å². The van der Waals surface area contributed by atoms with Crippen LogP contribution in [0.3, 0.4) is 0 Å². The molecule has 0 aliphatic carbocycles. The van der Waals surface area contributed by atoms with Gasteiger partial charge in [-0.1, -0.05) is 13.8 Å². The third kappa shape index (κ3) is 3.42. The molecule has 60 valence electrons. The van der Waals surface area contributed by atoms with Crippen molar-refractivity contribution in [1.29, 1.82) is 0 Å². The Morgan fingerprint density at radius 1 is 1.64 bits per heavy atom. The molecule has 1 fully saturated rings. The Bertz CT molecular complexity index is 108. The molecule has 1 rings (SSSR count). The summed E-state index contributed by atoms with van der Waals surface area (Å²) < 4.78 is 0. The first-order chi connectivity index (χ1) is 4.75. The molecule has 0 spiro atoms. The standard InChI is InChI=1S/C8H16NO.K/c1-3-9-6-4-5-8(9)7(2)10;/h7-8H,3-6H2,1-2H3;/q-1;+1. The second kappa shape index (κ2) is 6.08. The molecule has 0 amide bonds. The van der Waals surface area contributed by atoms with E-state index in [4.69, 9.17) is 0 Å². The predicted molar refractivity (Wildman–Crippen MR) is 39.7 cm³/mol. The van der Waals surface area contributed by atoms with Gasteiger partial charge in [0.2, 0.25) is 0 Å². The summed E-state index contributed by atoms with van der Waals surface area (Å²) in [7, 11) is 0. The molecular formula is C8H16KNO. The molecule has 1 aliphatic rings. The van der Waals surface area contributed by atoms with Crippen LogP contribution >= 0.6 is 0 Å². The van der Waals surface area contributed by atoms with E-state index in [1.807, 2.05) is 0 Å². The second-order valence-corrected chi connectivity index (χ2v) is 3.04. The smallest absolute Gasteiger partial charge is 0.851 e. The zero-order valence-electron chi connectivity index (χ0n) is 7.84. The minimum Gasteiger partial charge on any atom is -0.851 e. The number of likely N-dealkylation sites (tertiary alicyclic amines) is 1. The Balaban J connectivity index is 0.000001000. The van der Waals surface area contributed by atoms with Crippen molar-refractivity contribution < 1.29 is 56.5 Å². The van der Waals surface area contributed by atoms with Gasteiger partial charge in [0.05, 0.1) is 0 Å². The maximum absolute atomic E-state index is 11.1. The number of nitrogens with zero attached hydrogens (tertiary/aromatic N) is 1. The first kappa shape index (κ1) is 12.6. The van der Waals surface area contributed by atoms with Crippen LogP contribution in [0.1, 0.15) is 26.7 Å². The summed E-state index contributed by atoms with van der Waals surface area (Å²) in [5, 5.41) is 11.1. The van der Waals surface area contributed by atoms with Gasteiger partial charge >= 0.3 is 51.4 Å². The van der Waals surface area contributed by atoms with Crippen LogP contribution < -0.4 is 56.5 Å². The normalized spacial score (nSPS) is 28.1. The zero-order valence-corrected chi connectivity index (χ0v) is 11.0. The van der Waals surface area contributed by atoms with Crippen LogP contribution in [0, 0.1) is 0 Å². The van der Waals surface area contributed by atoms with Gasteiger partial charge in [-0.15, -0.1) is 6.10 Å². The van der Waals surface area contributed by atoms with E-state index in [0.29, 0.717) is 6.04 Å². The average Bonchev–Trinajstić information content (AvgIpc) is 2.33. The second-order valence-electron chi connectivity index (χ2n) is 3.04. The van der Waals surface area contributed by atoms with Gasteiger partial charge in [0, 0.05) is 0 Å². The van der Waals surface area contributed by atoms with Crippen LogP contribution in [0.15, 0.2) is 0 Å². The van der Waals surface area contributed by atoms with E-state index in [9.17, 15) is 5.11 Å². The van der Waals surface area contributed by atoms with Crippen LogP contribution in [0.2, 0.25) is 0 Å². The SMILES string of the molecule is CCN1CCCC1C(C)[O-].[K+]. The predicted octanol–water partition coefficient (Wildman–Crippen LogP) is -2.78. The number of hydrogen-bond donors (Lipinski definition) is 0. The zero-order chi connectivity index (χ0) is 7.56. The Morgan fingerprint density at radius 2 is 2.27 bits per heavy atom. The molecule has 0 N–H and O–H groups in total. The Labute approximate surface area is 112 Å². The number of hydrogen-bond acceptors (Lipinski definition) is 2. The van der Waals surface area contributed by atoms with Gasteiger partial charge in [0.15, 0.2) is 0 Å². The van der Waals surface area contributed by atoms with Crippen molar-refractivity contribution in [3.8, 4) is 0 Å². The van der Waals surface area contributed by atoms with Crippen molar-refractivity contribution in [2.45, 2.75) is 38.8 Å². The van der Waals surface area contributed by atoms with E-state index in [1.54, 1.807) is 6.92 Å².